The van der Waals surface area contributed by atoms with E-state index in [1.165, 1.54) is 6.92 Å². The molecule has 15 heavy (non-hydrogen) atoms. The first-order chi connectivity index (χ1) is 7.00. The van der Waals surface area contributed by atoms with E-state index in [0.29, 0.717) is 16.7 Å². The fourth-order valence-corrected chi connectivity index (χ4v) is 1.19. The molecule has 1 rings (SSSR count). The Morgan fingerprint density at radius 2 is 1.80 bits per heavy atom. The van der Waals surface area contributed by atoms with E-state index in [-0.39, 0.29) is 12.3 Å². The monoisotopic (exact) mass is 205 g/mol. The Morgan fingerprint density at radius 3 is 2.20 bits per heavy atom. The lowest BCUT2D eigenvalue weighted by Crippen LogP contribution is -2.02. The van der Waals surface area contributed by atoms with E-state index in [0.717, 1.165) is 0 Å². The van der Waals surface area contributed by atoms with Gasteiger partial charge in [0, 0.05) is 16.1 Å². The molecule has 0 aromatic heterocycles. The minimum absolute atomic E-state index is 0.0264. The van der Waals surface area contributed by atoms with Gasteiger partial charge in [0.05, 0.1) is 0 Å². The molecule has 0 fully saturated rings. The van der Waals surface area contributed by atoms with Crippen molar-refractivity contribution >= 4 is 11.4 Å². The molecule has 0 atom stereocenters. The predicted octanol–water partition coefficient (Wildman–Crippen LogP) is 2.18. The Hall–Kier alpha value is -1.97. The zero-order valence-electron chi connectivity index (χ0n) is 8.40. The molecule has 0 heterocycles. The fraction of sp³-hybridized carbons (Fsp3) is 0.182. The number of carbonyl (C=O) groups is 1. The van der Waals surface area contributed by atoms with E-state index in [1.54, 1.807) is 24.3 Å². The lowest BCUT2D eigenvalue weighted by atomic mass is 10.0. The second-order valence-corrected chi connectivity index (χ2v) is 3.23. The van der Waals surface area contributed by atoms with Crippen LogP contribution in [-0.4, -0.2) is 17.3 Å². The van der Waals surface area contributed by atoms with Gasteiger partial charge < -0.3 is 0 Å². The molecule has 0 saturated carbocycles. The van der Waals surface area contributed by atoms with E-state index in [9.17, 15) is 14.9 Å². The van der Waals surface area contributed by atoms with Crippen LogP contribution in [-0.2, 0) is 0 Å². The Morgan fingerprint density at radius 1 is 1.33 bits per heavy atom. The quantitative estimate of drug-likeness (QED) is 0.430. The van der Waals surface area contributed by atoms with E-state index in [2.05, 4.69) is 6.58 Å². The molecule has 0 amide bonds. The number of nitrogens with zero attached hydrogens (tertiary/aromatic N) is 1. The van der Waals surface area contributed by atoms with Crippen molar-refractivity contribution in [3.63, 3.8) is 0 Å². The number of nitro groups is 1. The number of carbonyl (C=O) groups excluding carboxylic acids is 1. The third kappa shape index (κ3) is 3.02. The summed E-state index contributed by atoms with van der Waals surface area (Å²) in [6, 6.07) is 6.62. The van der Waals surface area contributed by atoms with Gasteiger partial charge in [-0.15, -0.1) is 0 Å². The highest BCUT2D eigenvalue weighted by Gasteiger charge is 2.06. The van der Waals surface area contributed by atoms with Crippen molar-refractivity contribution in [3.05, 3.63) is 52.1 Å². The van der Waals surface area contributed by atoms with Gasteiger partial charge in [0.15, 0.2) is 5.78 Å². The maximum atomic E-state index is 11.0. The van der Waals surface area contributed by atoms with Crippen molar-refractivity contribution in [1.29, 1.82) is 0 Å². The van der Waals surface area contributed by atoms with Crippen LogP contribution in [0.25, 0.3) is 5.57 Å². The van der Waals surface area contributed by atoms with Crippen LogP contribution in [0, 0.1) is 10.1 Å². The first kappa shape index (κ1) is 11.1. The molecule has 0 spiro atoms. The number of hydrogen-bond acceptors (Lipinski definition) is 3. The van der Waals surface area contributed by atoms with Crippen LogP contribution in [0.4, 0.5) is 0 Å². The predicted molar refractivity (Wildman–Crippen MR) is 57.3 cm³/mol. The second kappa shape index (κ2) is 4.50. The smallest absolute Gasteiger partial charge is 0.228 e. The van der Waals surface area contributed by atoms with Gasteiger partial charge in [-0.3, -0.25) is 14.9 Å². The minimum Gasteiger partial charge on any atom is -0.295 e. The molecule has 0 aliphatic rings. The van der Waals surface area contributed by atoms with Crippen LogP contribution in [0.5, 0.6) is 0 Å². The van der Waals surface area contributed by atoms with Gasteiger partial charge in [0.25, 0.3) is 0 Å². The molecule has 0 saturated heterocycles. The third-order valence-corrected chi connectivity index (χ3v) is 2.02. The van der Waals surface area contributed by atoms with Crippen LogP contribution < -0.4 is 0 Å². The summed E-state index contributed by atoms with van der Waals surface area (Å²) < 4.78 is 0. The summed E-state index contributed by atoms with van der Waals surface area (Å²) in [6.07, 6.45) is 0. The molecular weight excluding hydrogens is 194 g/mol. The summed E-state index contributed by atoms with van der Waals surface area (Å²) in [7, 11) is 0. The number of benzene rings is 1. The Balaban J connectivity index is 2.84. The molecule has 78 valence electrons. The lowest BCUT2D eigenvalue weighted by Gasteiger charge is -2.01. The molecule has 1 aromatic carbocycles. The van der Waals surface area contributed by atoms with Gasteiger partial charge in [-0.25, -0.2) is 0 Å². The molecule has 4 nitrogen and oxygen atoms in total. The highest BCUT2D eigenvalue weighted by Crippen LogP contribution is 2.13. The number of rotatable bonds is 4. The average Bonchev–Trinajstić information content (AvgIpc) is 2.17. The van der Waals surface area contributed by atoms with Crippen molar-refractivity contribution in [1.82, 2.24) is 0 Å². The fourth-order valence-electron chi connectivity index (χ4n) is 1.19. The summed E-state index contributed by atoms with van der Waals surface area (Å²) in [4.78, 5) is 20.8. The highest BCUT2D eigenvalue weighted by molar-refractivity contribution is 5.94. The summed E-state index contributed by atoms with van der Waals surface area (Å²) in [5.41, 5.74) is 1.72. The molecule has 0 aliphatic carbocycles. The Kier molecular flexibility index (Phi) is 3.33. The molecule has 1 aromatic rings. The van der Waals surface area contributed by atoms with Gasteiger partial charge in [-0.2, -0.15) is 0 Å². The van der Waals surface area contributed by atoms with Crippen LogP contribution in [0.3, 0.4) is 0 Å². The Bertz CT molecular complexity index is 406. The van der Waals surface area contributed by atoms with Crippen LogP contribution >= 0.6 is 0 Å². The van der Waals surface area contributed by atoms with E-state index in [4.69, 9.17) is 0 Å². The topological polar surface area (TPSA) is 60.2 Å². The summed E-state index contributed by atoms with van der Waals surface area (Å²) in [5.74, 6) is -0.0264. The number of hydrogen-bond donors (Lipinski definition) is 0. The van der Waals surface area contributed by atoms with Crippen molar-refractivity contribution < 1.29 is 9.72 Å². The summed E-state index contributed by atoms with van der Waals surface area (Å²) in [6.45, 7) is 4.81. The van der Waals surface area contributed by atoms with Gasteiger partial charge in [0.1, 0.15) is 0 Å². The first-order valence-electron chi connectivity index (χ1n) is 4.41. The van der Waals surface area contributed by atoms with E-state index in [1.807, 2.05) is 0 Å². The molecule has 0 unspecified atom stereocenters. The van der Waals surface area contributed by atoms with Gasteiger partial charge >= 0.3 is 0 Å². The van der Waals surface area contributed by atoms with Gasteiger partial charge in [0.2, 0.25) is 6.54 Å². The van der Waals surface area contributed by atoms with E-state index >= 15 is 0 Å². The van der Waals surface area contributed by atoms with Crippen molar-refractivity contribution in [2.24, 2.45) is 0 Å². The first-order valence-corrected chi connectivity index (χ1v) is 4.41. The molecule has 0 aliphatic heterocycles. The molecule has 0 radical (unpaired) electrons. The van der Waals surface area contributed by atoms with Crippen molar-refractivity contribution in [2.75, 3.05) is 6.54 Å². The lowest BCUT2D eigenvalue weighted by molar-refractivity contribution is -0.465. The zero-order chi connectivity index (χ0) is 11.4. The molecule has 4 heteroatoms. The minimum atomic E-state index is -0.429. The zero-order valence-corrected chi connectivity index (χ0v) is 8.40. The van der Waals surface area contributed by atoms with Crippen molar-refractivity contribution in [3.8, 4) is 0 Å². The van der Waals surface area contributed by atoms with E-state index < -0.39 is 4.92 Å². The normalized spacial score (nSPS) is 9.67. The summed E-state index contributed by atoms with van der Waals surface area (Å²) in [5, 5.41) is 10.2. The standard InChI is InChI=1S/C11H11NO3/c1-8(7-12(14)15)10-3-5-11(6-4-10)9(2)13/h3-6H,1,7H2,2H3. The maximum Gasteiger partial charge on any atom is 0.228 e. The van der Waals surface area contributed by atoms with Gasteiger partial charge in [-0.1, -0.05) is 30.8 Å². The maximum absolute atomic E-state index is 11.0. The van der Waals surface area contributed by atoms with Gasteiger partial charge in [-0.05, 0) is 12.5 Å². The second-order valence-electron chi connectivity index (χ2n) is 3.23. The summed E-state index contributed by atoms with van der Waals surface area (Å²) >= 11 is 0. The van der Waals surface area contributed by atoms with Crippen LogP contribution in [0.1, 0.15) is 22.8 Å². The largest absolute Gasteiger partial charge is 0.295 e. The molecule has 0 bridgehead atoms. The average molecular weight is 205 g/mol. The van der Waals surface area contributed by atoms with Crippen LogP contribution in [0.15, 0.2) is 30.8 Å². The SMILES string of the molecule is C=C(C[N+](=O)[O-])c1ccc(C(C)=O)cc1. The third-order valence-electron chi connectivity index (χ3n) is 2.02. The number of ketones is 1. The highest BCUT2D eigenvalue weighted by atomic mass is 16.6. The molecular formula is C11H11NO3. The number of Topliss-reactive ketones (excluding diaryl/α,β-unsaturated/α-hetero) is 1. The van der Waals surface area contributed by atoms with Crippen molar-refractivity contribution in [2.45, 2.75) is 6.92 Å². The van der Waals surface area contributed by atoms with Crippen LogP contribution in [0.2, 0.25) is 0 Å². The Labute approximate surface area is 87.4 Å². The molecule has 0 N–H and O–H groups in total.